The lowest BCUT2D eigenvalue weighted by Crippen LogP contribution is -2.36. The van der Waals surface area contributed by atoms with Crippen LogP contribution in [0, 0.1) is 19.8 Å². The third kappa shape index (κ3) is 2.94. The van der Waals surface area contributed by atoms with Crippen LogP contribution in [0.4, 0.5) is 0 Å². The van der Waals surface area contributed by atoms with Crippen LogP contribution in [0.3, 0.4) is 0 Å². The van der Waals surface area contributed by atoms with Gasteiger partial charge in [0.1, 0.15) is 5.58 Å². The van der Waals surface area contributed by atoms with Crippen molar-refractivity contribution in [3.8, 4) is 0 Å². The van der Waals surface area contributed by atoms with E-state index in [1.807, 2.05) is 19.9 Å². The van der Waals surface area contributed by atoms with Crippen LogP contribution in [0.1, 0.15) is 29.5 Å². The van der Waals surface area contributed by atoms with Crippen LogP contribution in [-0.4, -0.2) is 29.7 Å². The van der Waals surface area contributed by atoms with Crippen LogP contribution < -0.4 is 5.63 Å². The van der Waals surface area contributed by atoms with Crippen LogP contribution >= 0.6 is 0 Å². The summed E-state index contributed by atoms with van der Waals surface area (Å²) in [5.41, 5.74) is 3.60. The summed E-state index contributed by atoms with van der Waals surface area (Å²) in [6.07, 6.45) is 2.19. The highest BCUT2D eigenvalue weighted by atomic mass is 16.4. The molecule has 0 bridgehead atoms. The zero-order valence-corrected chi connectivity index (χ0v) is 13.3. The molecule has 118 valence electrons. The van der Waals surface area contributed by atoms with Crippen LogP contribution in [0.25, 0.3) is 11.0 Å². The molecule has 4 heteroatoms. The second kappa shape index (κ2) is 6.23. The molecule has 0 amide bonds. The van der Waals surface area contributed by atoms with E-state index in [4.69, 9.17) is 4.42 Å². The zero-order chi connectivity index (χ0) is 15.7. The zero-order valence-electron chi connectivity index (χ0n) is 13.3. The van der Waals surface area contributed by atoms with Crippen molar-refractivity contribution in [3.05, 3.63) is 45.3 Å². The fraction of sp³-hybridized carbons (Fsp3) is 0.500. The van der Waals surface area contributed by atoms with E-state index in [0.717, 1.165) is 54.6 Å². The molecular formula is C18H23NO3. The van der Waals surface area contributed by atoms with Gasteiger partial charge in [-0.05, 0) is 55.8 Å². The van der Waals surface area contributed by atoms with E-state index in [0.29, 0.717) is 11.5 Å². The van der Waals surface area contributed by atoms with Crippen molar-refractivity contribution in [3.63, 3.8) is 0 Å². The van der Waals surface area contributed by atoms with Crippen LogP contribution in [0.2, 0.25) is 0 Å². The molecule has 1 aliphatic rings. The number of likely N-dealkylation sites (tertiary alicyclic amines) is 1. The van der Waals surface area contributed by atoms with Crippen LogP contribution in [0.15, 0.2) is 27.4 Å². The van der Waals surface area contributed by atoms with E-state index < -0.39 is 0 Å². The largest absolute Gasteiger partial charge is 0.422 e. The summed E-state index contributed by atoms with van der Waals surface area (Å²) in [6, 6.07) is 5.73. The van der Waals surface area contributed by atoms with E-state index in [-0.39, 0.29) is 12.2 Å². The lowest BCUT2D eigenvalue weighted by Gasteiger charge is -2.31. The molecule has 0 radical (unpaired) electrons. The number of piperidine rings is 1. The van der Waals surface area contributed by atoms with Crippen molar-refractivity contribution >= 4 is 11.0 Å². The maximum Gasteiger partial charge on any atom is 0.336 e. The number of aliphatic hydroxyl groups excluding tert-OH is 1. The molecule has 2 heterocycles. The predicted octanol–water partition coefficient (Wildman–Crippen LogP) is 2.61. The van der Waals surface area contributed by atoms with Crippen molar-refractivity contribution in [2.75, 3.05) is 19.7 Å². The van der Waals surface area contributed by atoms with E-state index in [1.165, 1.54) is 0 Å². The lowest BCUT2D eigenvalue weighted by atomic mass is 9.97. The Bertz CT molecular complexity index is 735. The molecule has 1 aliphatic heterocycles. The van der Waals surface area contributed by atoms with E-state index in [1.54, 1.807) is 6.07 Å². The molecule has 4 nitrogen and oxygen atoms in total. The summed E-state index contributed by atoms with van der Waals surface area (Å²) >= 11 is 0. The van der Waals surface area contributed by atoms with Gasteiger partial charge in [-0.2, -0.15) is 0 Å². The first kappa shape index (κ1) is 15.3. The van der Waals surface area contributed by atoms with Crippen molar-refractivity contribution in [2.45, 2.75) is 33.2 Å². The third-order valence-corrected chi connectivity index (χ3v) is 4.77. The molecule has 2 aromatic rings. The highest BCUT2D eigenvalue weighted by molar-refractivity contribution is 5.83. The molecule has 0 saturated carbocycles. The average molecular weight is 301 g/mol. The van der Waals surface area contributed by atoms with Gasteiger partial charge in [0.2, 0.25) is 0 Å². The maximum atomic E-state index is 11.9. The first-order valence-corrected chi connectivity index (χ1v) is 7.94. The minimum Gasteiger partial charge on any atom is -0.422 e. The first-order chi connectivity index (χ1) is 10.6. The summed E-state index contributed by atoms with van der Waals surface area (Å²) < 4.78 is 5.43. The van der Waals surface area contributed by atoms with E-state index >= 15 is 0 Å². The first-order valence-electron chi connectivity index (χ1n) is 7.94. The third-order valence-electron chi connectivity index (χ3n) is 4.77. The number of aryl methyl sites for hydroxylation is 2. The fourth-order valence-electron chi connectivity index (χ4n) is 3.34. The predicted molar refractivity (Wildman–Crippen MR) is 87.0 cm³/mol. The van der Waals surface area contributed by atoms with Gasteiger partial charge in [0.05, 0.1) is 0 Å². The molecule has 1 fully saturated rings. The highest BCUT2D eigenvalue weighted by Crippen LogP contribution is 2.25. The number of aliphatic hydroxyl groups is 1. The van der Waals surface area contributed by atoms with Crippen molar-refractivity contribution in [2.24, 2.45) is 5.92 Å². The number of nitrogens with zero attached hydrogens (tertiary/aromatic N) is 1. The molecule has 1 atom stereocenters. The number of rotatable bonds is 3. The summed E-state index contributed by atoms with van der Waals surface area (Å²) in [6.45, 7) is 6.91. The quantitative estimate of drug-likeness (QED) is 0.886. The molecule has 0 unspecified atom stereocenters. The molecule has 1 N–H and O–H groups in total. The van der Waals surface area contributed by atoms with Gasteiger partial charge in [0.25, 0.3) is 0 Å². The molecule has 1 saturated heterocycles. The Morgan fingerprint density at radius 2 is 2.18 bits per heavy atom. The van der Waals surface area contributed by atoms with E-state index in [2.05, 4.69) is 11.0 Å². The second-order valence-electron chi connectivity index (χ2n) is 6.40. The van der Waals surface area contributed by atoms with Crippen molar-refractivity contribution in [1.29, 1.82) is 0 Å². The van der Waals surface area contributed by atoms with Gasteiger partial charge in [-0.3, -0.25) is 4.90 Å². The molecular weight excluding hydrogens is 278 g/mol. The smallest absolute Gasteiger partial charge is 0.336 e. The Morgan fingerprint density at radius 1 is 1.36 bits per heavy atom. The van der Waals surface area contributed by atoms with Crippen LogP contribution in [0.5, 0.6) is 0 Å². The molecule has 3 rings (SSSR count). The Morgan fingerprint density at radius 3 is 2.95 bits per heavy atom. The van der Waals surface area contributed by atoms with Gasteiger partial charge in [0.15, 0.2) is 0 Å². The number of hydrogen-bond acceptors (Lipinski definition) is 4. The minimum absolute atomic E-state index is 0.243. The Hall–Kier alpha value is -1.65. The van der Waals surface area contributed by atoms with E-state index in [9.17, 15) is 9.90 Å². The lowest BCUT2D eigenvalue weighted by molar-refractivity contribution is 0.116. The summed E-state index contributed by atoms with van der Waals surface area (Å²) in [5, 5.41) is 10.4. The van der Waals surface area contributed by atoms with Gasteiger partial charge in [0, 0.05) is 31.1 Å². The Labute approximate surface area is 130 Å². The summed E-state index contributed by atoms with van der Waals surface area (Å²) in [7, 11) is 0. The molecule has 1 aromatic heterocycles. The van der Waals surface area contributed by atoms with Gasteiger partial charge >= 0.3 is 5.63 Å². The normalized spacial score (nSPS) is 19.7. The van der Waals surface area contributed by atoms with Gasteiger partial charge in [-0.25, -0.2) is 4.79 Å². The second-order valence-corrected chi connectivity index (χ2v) is 6.40. The topological polar surface area (TPSA) is 53.7 Å². The standard InChI is InChI=1S/C18H23NO3/c1-12-5-6-16-15(8-17(21)22-18(16)13(12)2)10-19-7-3-4-14(9-19)11-20/h5-6,8,14,20H,3-4,7,9-11H2,1-2H3/t14-/m0/s1. The Kier molecular flexibility index (Phi) is 4.32. The van der Waals surface area contributed by atoms with Gasteiger partial charge in [-0.1, -0.05) is 12.1 Å². The molecule has 0 spiro atoms. The summed E-state index contributed by atoms with van der Waals surface area (Å²) in [4.78, 5) is 14.2. The van der Waals surface area contributed by atoms with Crippen molar-refractivity contribution < 1.29 is 9.52 Å². The van der Waals surface area contributed by atoms with Crippen LogP contribution in [-0.2, 0) is 6.54 Å². The number of hydrogen-bond donors (Lipinski definition) is 1. The monoisotopic (exact) mass is 301 g/mol. The van der Waals surface area contributed by atoms with Gasteiger partial charge in [-0.15, -0.1) is 0 Å². The molecule has 1 aromatic carbocycles. The average Bonchev–Trinajstić information content (AvgIpc) is 2.51. The minimum atomic E-state index is -0.285. The fourth-order valence-corrected chi connectivity index (χ4v) is 3.34. The maximum absolute atomic E-state index is 11.9. The molecule has 22 heavy (non-hydrogen) atoms. The Balaban J connectivity index is 1.97. The molecule has 0 aliphatic carbocycles. The highest BCUT2D eigenvalue weighted by Gasteiger charge is 2.20. The summed E-state index contributed by atoms with van der Waals surface area (Å²) in [5.74, 6) is 0.351. The SMILES string of the molecule is Cc1ccc2c(CN3CCC[C@H](CO)C3)cc(=O)oc2c1C. The van der Waals surface area contributed by atoms with Gasteiger partial charge < -0.3 is 9.52 Å². The van der Waals surface area contributed by atoms with Crippen molar-refractivity contribution in [1.82, 2.24) is 4.90 Å². The number of benzene rings is 1. The number of fused-ring (bicyclic) bond motifs is 1.